The predicted molar refractivity (Wildman–Crippen MR) is 80.2 cm³/mol. The molecule has 2 N–H and O–H groups in total. The average Bonchev–Trinajstić information content (AvgIpc) is 2.57. The third-order valence-electron chi connectivity index (χ3n) is 3.73. The van der Waals surface area contributed by atoms with E-state index in [0.717, 1.165) is 14.2 Å². The Morgan fingerprint density at radius 3 is 2.09 bits per heavy atom. The first-order chi connectivity index (χ1) is 10.8. The molecule has 126 valence electrons. The minimum Gasteiger partial charge on any atom is -0.469 e. The number of nitrogens with zero attached hydrogens (tertiary/aromatic N) is 1. The lowest BCUT2D eigenvalue weighted by molar-refractivity contribution is -0.170. The van der Waals surface area contributed by atoms with E-state index in [9.17, 15) is 14.4 Å². The number of nitrogens with two attached hydrogens (primary N) is 1. The van der Waals surface area contributed by atoms with Crippen LogP contribution in [0.1, 0.15) is 24.8 Å². The van der Waals surface area contributed by atoms with E-state index in [4.69, 9.17) is 15.2 Å². The number of methoxy groups -OCH3 is 3. The summed E-state index contributed by atoms with van der Waals surface area (Å²) in [6.07, 6.45) is 1.16. The third kappa shape index (κ3) is 3.77. The average molecular weight is 324 g/mol. The molecule has 0 bridgehead atoms. The zero-order valence-electron chi connectivity index (χ0n) is 13.5. The summed E-state index contributed by atoms with van der Waals surface area (Å²) >= 11 is 0. The van der Waals surface area contributed by atoms with Crippen LogP contribution in [0, 0.1) is 5.41 Å². The van der Waals surface area contributed by atoms with Gasteiger partial charge in [0.2, 0.25) is 0 Å². The van der Waals surface area contributed by atoms with E-state index >= 15 is 0 Å². The molecule has 0 saturated heterocycles. The highest BCUT2D eigenvalue weighted by Gasteiger charge is 2.52. The van der Waals surface area contributed by atoms with Gasteiger partial charge in [-0.3, -0.25) is 14.4 Å². The second kappa shape index (κ2) is 7.57. The molecular weight excluding hydrogens is 304 g/mol. The minimum absolute atomic E-state index is 0.233. The van der Waals surface area contributed by atoms with E-state index in [1.54, 1.807) is 6.07 Å². The molecule has 0 aliphatic rings. The number of carbonyl (C=O) groups is 3. The second-order valence-electron chi connectivity index (χ2n) is 5.03. The van der Waals surface area contributed by atoms with Crippen LogP contribution >= 0.6 is 0 Å². The van der Waals surface area contributed by atoms with Crippen molar-refractivity contribution >= 4 is 23.7 Å². The molecule has 1 atom stereocenters. The first kappa shape index (κ1) is 18.4. The van der Waals surface area contributed by atoms with E-state index in [0.29, 0.717) is 5.56 Å². The first-order valence-electron chi connectivity index (χ1n) is 6.76. The van der Waals surface area contributed by atoms with Crippen LogP contribution in [0.15, 0.2) is 18.3 Å². The summed E-state index contributed by atoms with van der Waals surface area (Å²) in [4.78, 5) is 40.2. The van der Waals surface area contributed by atoms with E-state index in [1.807, 2.05) is 0 Å². The van der Waals surface area contributed by atoms with Gasteiger partial charge in [0, 0.05) is 12.1 Å². The van der Waals surface area contributed by atoms with Crippen LogP contribution in [0.3, 0.4) is 0 Å². The van der Waals surface area contributed by atoms with Gasteiger partial charge in [0.1, 0.15) is 5.82 Å². The number of rotatable bonds is 6. The largest absolute Gasteiger partial charge is 0.469 e. The quantitative estimate of drug-likeness (QED) is 0.460. The van der Waals surface area contributed by atoms with Gasteiger partial charge in [-0.15, -0.1) is 0 Å². The van der Waals surface area contributed by atoms with Crippen LogP contribution in [-0.2, 0) is 28.6 Å². The fourth-order valence-corrected chi connectivity index (χ4v) is 2.32. The van der Waals surface area contributed by atoms with Gasteiger partial charge in [0.25, 0.3) is 0 Å². The highest BCUT2D eigenvalue weighted by molar-refractivity contribution is 6.01. The van der Waals surface area contributed by atoms with Crippen molar-refractivity contribution in [2.24, 2.45) is 5.41 Å². The smallest absolute Gasteiger partial charge is 0.323 e. The molecule has 0 aromatic carbocycles. The van der Waals surface area contributed by atoms with Crippen LogP contribution in [0.2, 0.25) is 0 Å². The number of pyridine rings is 1. The zero-order valence-corrected chi connectivity index (χ0v) is 13.5. The third-order valence-corrected chi connectivity index (χ3v) is 3.73. The summed E-state index contributed by atoms with van der Waals surface area (Å²) in [5.74, 6) is -2.86. The normalized spacial score (nSPS) is 12.2. The van der Waals surface area contributed by atoms with Gasteiger partial charge in [-0.25, -0.2) is 4.98 Å². The number of ether oxygens (including phenoxy) is 3. The molecule has 1 heterocycles. The van der Waals surface area contributed by atoms with Crippen molar-refractivity contribution in [1.29, 1.82) is 0 Å². The molecule has 1 aromatic heterocycles. The Balaban J connectivity index is 3.44. The van der Waals surface area contributed by atoms with Gasteiger partial charge in [0.05, 0.1) is 27.8 Å². The minimum atomic E-state index is -1.74. The summed E-state index contributed by atoms with van der Waals surface area (Å²) in [6, 6.07) is 3.09. The van der Waals surface area contributed by atoms with Crippen LogP contribution in [0.4, 0.5) is 5.82 Å². The zero-order chi connectivity index (χ0) is 17.6. The van der Waals surface area contributed by atoms with E-state index in [-0.39, 0.29) is 12.2 Å². The molecule has 23 heavy (non-hydrogen) atoms. The van der Waals surface area contributed by atoms with Gasteiger partial charge in [-0.05, 0) is 18.6 Å². The number of carbonyl (C=O) groups excluding carboxylic acids is 3. The Labute approximate surface area is 133 Å². The standard InChI is InChI=1S/C15H20N2O6/c1-15(13(19)22-3,14(20)23-4)10(7-12(18)21-2)9-5-6-11(16)17-8-9/h5-6,8,10H,7H2,1-4H3,(H2,16,17). The van der Waals surface area contributed by atoms with Crippen LogP contribution in [0.25, 0.3) is 0 Å². The predicted octanol–water partition coefficient (Wildman–Crippen LogP) is 0.663. The van der Waals surface area contributed by atoms with Crippen molar-refractivity contribution in [2.75, 3.05) is 27.1 Å². The number of aromatic nitrogens is 1. The lowest BCUT2D eigenvalue weighted by atomic mass is 9.72. The first-order valence-corrected chi connectivity index (χ1v) is 6.76. The number of anilines is 1. The Kier molecular flexibility index (Phi) is 6.06. The number of hydrogen-bond donors (Lipinski definition) is 1. The second-order valence-corrected chi connectivity index (χ2v) is 5.03. The lowest BCUT2D eigenvalue weighted by Gasteiger charge is -2.32. The van der Waals surface area contributed by atoms with Gasteiger partial charge in [0.15, 0.2) is 5.41 Å². The van der Waals surface area contributed by atoms with E-state index in [2.05, 4.69) is 9.72 Å². The van der Waals surface area contributed by atoms with E-state index < -0.39 is 29.2 Å². The van der Waals surface area contributed by atoms with Gasteiger partial charge >= 0.3 is 17.9 Å². The summed E-state index contributed by atoms with van der Waals surface area (Å²) in [5, 5.41) is 0. The maximum absolute atomic E-state index is 12.3. The van der Waals surface area contributed by atoms with Crippen molar-refractivity contribution in [3.05, 3.63) is 23.9 Å². The van der Waals surface area contributed by atoms with Gasteiger partial charge in [-0.2, -0.15) is 0 Å². The molecule has 0 saturated carbocycles. The highest BCUT2D eigenvalue weighted by atomic mass is 16.5. The van der Waals surface area contributed by atoms with Crippen LogP contribution in [0.5, 0.6) is 0 Å². The van der Waals surface area contributed by atoms with Crippen molar-refractivity contribution in [3.8, 4) is 0 Å². The monoisotopic (exact) mass is 324 g/mol. The Bertz CT molecular complexity index is 568. The Hall–Kier alpha value is -2.64. The molecule has 0 amide bonds. The Morgan fingerprint density at radius 1 is 1.13 bits per heavy atom. The molecule has 0 radical (unpaired) electrons. The fourth-order valence-electron chi connectivity index (χ4n) is 2.32. The van der Waals surface area contributed by atoms with E-state index in [1.165, 1.54) is 26.3 Å². The highest BCUT2D eigenvalue weighted by Crippen LogP contribution is 2.41. The fraction of sp³-hybridized carbons (Fsp3) is 0.467. The molecule has 0 aliphatic heterocycles. The summed E-state index contributed by atoms with van der Waals surface area (Å²) in [6.45, 7) is 1.36. The van der Waals surface area contributed by atoms with Crippen LogP contribution < -0.4 is 5.73 Å². The summed E-state index contributed by atoms with van der Waals surface area (Å²) < 4.78 is 14.1. The number of nitrogen functional groups attached to an aromatic ring is 1. The number of hydrogen-bond acceptors (Lipinski definition) is 8. The lowest BCUT2D eigenvalue weighted by Crippen LogP contribution is -2.44. The summed E-state index contributed by atoms with van der Waals surface area (Å²) in [7, 11) is 3.52. The summed E-state index contributed by atoms with van der Waals surface area (Å²) in [5.41, 5.74) is 4.27. The SMILES string of the molecule is COC(=O)CC(c1ccc(N)nc1)C(C)(C(=O)OC)C(=O)OC. The van der Waals surface area contributed by atoms with Gasteiger partial charge in [-0.1, -0.05) is 6.07 Å². The maximum atomic E-state index is 12.3. The van der Waals surface area contributed by atoms with Gasteiger partial charge < -0.3 is 19.9 Å². The molecule has 1 rings (SSSR count). The van der Waals surface area contributed by atoms with Crippen molar-refractivity contribution in [3.63, 3.8) is 0 Å². The van der Waals surface area contributed by atoms with Crippen LogP contribution in [-0.4, -0.2) is 44.2 Å². The molecule has 8 nitrogen and oxygen atoms in total. The molecule has 1 aromatic rings. The van der Waals surface area contributed by atoms with Crippen molar-refractivity contribution in [1.82, 2.24) is 4.98 Å². The topological polar surface area (TPSA) is 118 Å². The Morgan fingerprint density at radius 2 is 1.70 bits per heavy atom. The maximum Gasteiger partial charge on any atom is 0.323 e. The molecule has 0 fully saturated rings. The molecule has 8 heteroatoms. The molecule has 0 aliphatic carbocycles. The molecular formula is C15H20N2O6. The van der Waals surface area contributed by atoms with Crippen molar-refractivity contribution in [2.45, 2.75) is 19.3 Å². The number of esters is 3. The van der Waals surface area contributed by atoms with Crippen molar-refractivity contribution < 1.29 is 28.6 Å². The molecule has 1 unspecified atom stereocenters. The molecule has 0 spiro atoms.